The third-order valence-electron chi connectivity index (χ3n) is 10.9. The second kappa shape index (κ2) is 7.51. The van der Waals surface area contributed by atoms with E-state index >= 15 is 0 Å². The van der Waals surface area contributed by atoms with Crippen molar-refractivity contribution >= 4 is 10.9 Å². The van der Waals surface area contributed by atoms with E-state index in [4.69, 9.17) is 0 Å². The summed E-state index contributed by atoms with van der Waals surface area (Å²) in [4.78, 5) is 20.2. The molecular weight excluding hydrogens is 484 g/mol. The van der Waals surface area contributed by atoms with Gasteiger partial charge in [-0.05, 0) is 110 Å². The topological polar surface area (TPSA) is 71.7 Å². The molecule has 7 heteroatoms. The standard InChI is InChI=1S/C32H36N6O/c1-36-20-33-35-29(36)32(17-31(18-32)9-10-31)22-3-2-4-24(13-22)38-16-26(21-5-6-21)25-14-23(34-27(25)28(38)39)15-37-12-11-30(19-37)7-8-30/h2-4,13-14,16,20-21,34H,5-12,15,17-19H2,1H3. The second-order valence-electron chi connectivity index (χ2n) is 13.8. The SMILES string of the molecule is Cn1cnnc1C1(c2cccc(-n3cc(C4CC4)c4cc(CN5CCC6(CC6)C5)[nH]c4c3=O)c2)CC2(CC2)C1. The molecule has 9 rings (SSSR count). The first-order valence-electron chi connectivity index (χ1n) is 14.9. The van der Waals surface area contributed by atoms with Crippen LogP contribution in [-0.2, 0) is 19.0 Å². The minimum Gasteiger partial charge on any atom is -0.353 e. The molecule has 4 aliphatic carbocycles. The van der Waals surface area contributed by atoms with Crippen molar-refractivity contribution in [3.63, 3.8) is 0 Å². The molecule has 4 saturated carbocycles. The third kappa shape index (κ3) is 3.41. The fraction of sp³-hybridized carbons (Fsp3) is 0.531. The van der Waals surface area contributed by atoms with Crippen molar-refractivity contribution in [3.8, 4) is 5.69 Å². The lowest BCUT2D eigenvalue weighted by atomic mass is 9.56. The zero-order valence-corrected chi connectivity index (χ0v) is 22.7. The summed E-state index contributed by atoms with van der Waals surface area (Å²) in [5.74, 6) is 1.60. The van der Waals surface area contributed by atoms with Crippen LogP contribution in [0.3, 0.4) is 0 Å². The lowest BCUT2D eigenvalue weighted by Crippen LogP contribution is -2.45. The van der Waals surface area contributed by atoms with E-state index in [2.05, 4.69) is 68.2 Å². The third-order valence-corrected chi connectivity index (χ3v) is 10.9. The van der Waals surface area contributed by atoms with E-state index in [9.17, 15) is 4.79 Å². The zero-order chi connectivity index (χ0) is 26.0. The summed E-state index contributed by atoms with van der Waals surface area (Å²) in [5, 5.41) is 9.94. The summed E-state index contributed by atoms with van der Waals surface area (Å²) in [7, 11) is 2.05. The number of nitrogens with zero attached hydrogens (tertiary/aromatic N) is 5. The molecule has 0 amide bonds. The maximum absolute atomic E-state index is 14.0. The van der Waals surface area contributed by atoms with Gasteiger partial charge in [0.2, 0.25) is 0 Å². The fourth-order valence-electron chi connectivity index (χ4n) is 8.20. The summed E-state index contributed by atoms with van der Waals surface area (Å²) in [6, 6.07) is 11.0. The van der Waals surface area contributed by atoms with E-state index in [1.54, 1.807) is 0 Å². The van der Waals surface area contributed by atoms with Crippen LogP contribution in [0.25, 0.3) is 16.6 Å². The Bertz CT molecular complexity index is 1690. The molecule has 5 aliphatic rings. The van der Waals surface area contributed by atoms with Gasteiger partial charge in [-0.1, -0.05) is 12.1 Å². The molecule has 0 bridgehead atoms. The predicted molar refractivity (Wildman–Crippen MR) is 150 cm³/mol. The van der Waals surface area contributed by atoms with Crippen LogP contribution < -0.4 is 5.56 Å². The van der Waals surface area contributed by atoms with Gasteiger partial charge in [0.25, 0.3) is 5.56 Å². The molecule has 1 saturated heterocycles. The summed E-state index contributed by atoms with van der Waals surface area (Å²) in [5.41, 5.74) is 6.51. The average molecular weight is 521 g/mol. The molecule has 4 heterocycles. The fourth-order valence-corrected chi connectivity index (χ4v) is 8.20. The van der Waals surface area contributed by atoms with Gasteiger partial charge in [-0.15, -0.1) is 10.2 Å². The highest BCUT2D eigenvalue weighted by Crippen LogP contribution is 2.70. The van der Waals surface area contributed by atoms with E-state index in [0.717, 1.165) is 41.8 Å². The Morgan fingerprint density at radius 3 is 2.56 bits per heavy atom. The first-order valence-corrected chi connectivity index (χ1v) is 14.9. The number of rotatable bonds is 6. The van der Waals surface area contributed by atoms with E-state index in [1.807, 2.05) is 10.9 Å². The van der Waals surface area contributed by atoms with Crippen molar-refractivity contribution < 1.29 is 0 Å². The van der Waals surface area contributed by atoms with Gasteiger partial charge >= 0.3 is 0 Å². The summed E-state index contributed by atoms with van der Waals surface area (Å²) in [6.07, 6.45) is 15.4. The van der Waals surface area contributed by atoms with Gasteiger partial charge in [-0.2, -0.15) is 0 Å². The minimum absolute atomic E-state index is 0.0536. The predicted octanol–water partition coefficient (Wildman–Crippen LogP) is 5.17. The molecule has 0 atom stereocenters. The number of fused-ring (bicyclic) bond motifs is 1. The van der Waals surface area contributed by atoms with Crippen LogP contribution in [0.5, 0.6) is 0 Å². The highest BCUT2D eigenvalue weighted by Gasteiger charge is 2.63. The maximum atomic E-state index is 14.0. The van der Waals surface area contributed by atoms with Gasteiger partial charge in [-0.3, -0.25) is 14.3 Å². The molecular formula is C32H36N6O. The molecule has 0 unspecified atom stereocenters. The molecule has 200 valence electrons. The van der Waals surface area contributed by atoms with E-state index < -0.39 is 0 Å². The van der Waals surface area contributed by atoms with Crippen LogP contribution in [0.1, 0.15) is 86.4 Å². The second-order valence-corrected chi connectivity index (χ2v) is 13.8. The molecule has 3 aromatic heterocycles. The normalized spacial score (nSPS) is 24.0. The van der Waals surface area contributed by atoms with Crippen LogP contribution in [0.4, 0.5) is 0 Å². The Kier molecular flexibility index (Phi) is 4.35. The number of aromatic amines is 1. The van der Waals surface area contributed by atoms with Crippen molar-refractivity contribution in [2.24, 2.45) is 17.9 Å². The van der Waals surface area contributed by atoms with Crippen molar-refractivity contribution in [1.29, 1.82) is 0 Å². The number of nitrogens with one attached hydrogen (secondary N) is 1. The van der Waals surface area contributed by atoms with E-state index in [1.165, 1.54) is 74.9 Å². The Hall–Kier alpha value is -3.19. The van der Waals surface area contributed by atoms with Crippen LogP contribution in [0.2, 0.25) is 0 Å². The number of hydrogen-bond donors (Lipinski definition) is 1. The van der Waals surface area contributed by atoms with Gasteiger partial charge in [0.15, 0.2) is 0 Å². The van der Waals surface area contributed by atoms with E-state index in [0.29, 0.717) is 16.7 Å². The average Bonchev–Trinajstić information content (AvgIpc) is 3.86. The molecule has 4 aromatic rings. The summed E-state index contributed by atoms with van der Waals surface area (Å²) >= 11 is 0. The van der Waals surface area contributed by atoms with Crippen LogP contribution in [0, 0.1) is 10.8 Å². The monoisotopic (exact) mass is 520 g/mol. The lowest BCUT2D eigenvalue weighted by molar-refractivity contribution is 0.145. The number of benzene rings is 1. The van der Waals surface area contributed by atoms with Gasteiger partial charge in [0.05, 0.1) is 5.41 Å². The first kappa shape index (κ1) is 22.6. The quantitative estimate of drug-likeness (QED) is 0.381. The number of likely N-dealkylation sites (tertiary alicyclic amines) is 1. The van der Waals surface area contributed by atoms with Gasteiger partial charge in [0.1, 0.15) is 17.7 Å². The molecule has 2 spiro atoms. The Morgan fingerprint density at radius 1 is 1.05 bits per heavy atom. The number of aryl methyl sites for hydroxylation is 1. The highest BCUT2D eigenvalue weighted by atomic mass is 16.1. The number of H-pyrrole nitrogens is 1. The molecule has 7 nitrogen and oxygen atoms in total. The first-order chi connectivity index (χ1) is 18.9. The van der Waals surface area contributed by atoms with Crippen LogP contribution in [0.15, 0.2) is 47.7 Å². The van der Waals surface area contributed by atoms with Crippen molar-refractivity contribution in [2.45, 2.75) is 75.7 Å². The minimum atomic E-state index is -0.126. The Balaban J connectivity index is 1.12. The van der Waals surface area contributed by atoms with Crippen molar-refractivity contribution in [1.82, 2.24) is 29.2 Å². The number of pyridine rings is 1. The highest BCUT2D eigenvalue weighted by molar-refractivity contribution is 5.84. The molecule has 1 N–H and O–H groups in total. The summed E-state index contributed by atoms with van der Waals surface area (Å²) in [6.45, 7) is 3.30. The van der Waals surface area contributed by atoms with E-state index in [-0.39, 0.29) is 11.0 Å². The number of aromatic nitrogens is 5. The Labute approximate surface area is 228 Å². The largest absolute Gasteiger partial charge is 0.353 e. The molecule has 5 fully saturated rings. The van der Waals surface area contributed by atoms with Crippen LogP contribution >= 0.6 is 0 Å². The molecule has 1 aromatic carbocycles. The van der Waals surface area contributed by atoms with Crippen molar-refractivity contribution in [2.75, 3.05) is 13.1 Å². The van der Waals surface area contributed by atoms with Crippen LogP contribution in [-0.4, -0.2) is 42.3 Å². The molecule has 1 aliphatic heterocycles. The smallest absolute Gasteiger partial charge is 0.279 e. The van der Waals surface area contributed by atoms with Gasteiger partial charge in [0, 0.05) is 43.1 Å². The maximum Gasteiger partial charge on any atom is 0.279 e. The van der Waals surface area contributed by atoms with Gasteiger partial charge in [-0.25, -0.2) is 0 Å². The molecule has 39 heavy (non-hydrogen) atoms. The lowest BCUT2D eigenvalue weighted by Gasteiger charge is -2.48. The summed E-state index contributed by atoms with van der Waals surface area (Å²) < 4.78 is 3.99. The Morgan fingerprint density at radius 2 is 1.87 bits per heavy atom. The van der Waals surface area contributed by atoms with Crippen molar-refractivity contribution in [3.05, 3.63) is 75.9 Å². The number of hydrogen-bond acceptors (Lipinski definition) is 4. The molecule has 0 radical (unpaired) electrons. The van der Waals surface area contributed by atoms with Gasteiger partial charge < -0.3 is 9.55 Å². The zero-order valence-electron chi connectivity index (χ0n) is 22.7.